The Hall–Kier alpha value is -3.39. The van der Waals surface area contributed by atoms with Crippen LogP contribution in [0.25, 0.3) is 5.69 Å². The molecule has 0 aliphatic rings. The molecule has 1 amide bonds. The van der Waals surface area contributed by atoms with E-state index in [9.17, 15) is 14.7 Å². The van der Waals surface area contributed by atoms with E-state index in [-0.39, 0.29) is 11.3 Å². The van der Waals surface area contributed by atoms with Crippen molar-refractivity contribution in [3.63, 3.8) is 0 Å². The van der Waals surface area contributed by atoms with Crippen molar-refractivity contribution in [2.45, 2.75) is 0 Å². The molecule has 0 saturated heterocycles. The maximum Gasteiger partial charge on any atom is 0.338 e. The van der Waals surface area contributed by atoms with Gasteiger partial charge in [0.05, 0.1) is 16.9 Å². The molecule has 0 spiro atoms. The van der Waals surface area contributed by atoms with Crippen molar-refractivity contribution in [3.8, 4) is 11.4 Å². The van der Waals surface area contributed by atoms with Crippen LogP contribution in [0.3, 0.4) is 0 Å². The number of halogens is 1. The number of phenolic OH excluding ortho intramolecular Hbond substituents is 1. The SMILES string of the molecule is O=C(COC(=O)c1ccc(O)cc1)Nc1cc(Cl)ccc1-n1cncn1. The number of phenols is 1. The summed E-state index contributed by atoms with van der Waals surface area (Å²) in [6, 6.07) is 10.4. The van der Waals surface area contributed by atoms with Crippen LogP contribution in [0.15, 0.2) is 55.1 Å². The molecular formula is C17H13ClN4O4. The van der Waals surface area contributed by atoms with Crippen LogP contribution >= 0.6 is 11.6 Å². The van der Waals surface area contributed by atoms with E-state index in [1.807, 2.05) is 0 Å². The third-order valence-corrected chi connectivity index (χ3v) is 3.57. The highest BCUT2D eigenvalue weighted by Crippen LogP contribution is 2.23. The number of nitrogens with zero attached hydrogens (tertiary/aromatic N) is 3. The Kier molecular flexibility index (Phi) is 5.14. The number of hydrogen-bond donors (Lipinski definition) is 2. The molecule has 3 rings (SSSR count). The number of carbonyl (C=O) groups is 2. The number of aromatic nitrogens is 3. The molecule has 132 valence electrons. The van der Waals surface area contributed by atoms with Gasteiger partial charge in [0.2, 0.25) is 0 Å². The van der Waals surface area contributed by atoms with E-state index < -0.39 is 18.5 Å². The van der Waals surface area contributed by atoms with Crippen molar-refractivity contribution in [1.82, 2.24) is 14.8 Å². The third-order valence-electron chi connectivity index (χ3n) is 3.34. The monoisotopic (exact) mass is 372 g/mol. The number of benzene rings is 2. The Morgan fingerprint density at radius 1 is 1.19 bits per heavy atom. The number of anilines is 1. The topological polar surface area (TPSA) is 106 Å². The summed E-state index contributed by atoms with van der Waals surface area (Å²) in [4.78, 5) is 27.9. The highest BCUT2D eigenvalue weighted by atomic mass is 35.5. The van der Waals surface area contributed by atoms with Gasteiger partial charge in [-0.25, -0.2) is 14.5 Å². The Balaban J connectivity index is 1.66. The van der Waals surface area contributed by atoms with E-state index in [2.05, 4.69) is 15.4 Å². The number of amides is 1. The van der Waals surface area contributed by atoms with Gasteiger partial charge in [-0.3, -0.25) is 4.79 Å². The molecule has 1 heterocycles. The summed E-state index contributed by atoms with van der Waals surface area (Å²) in [6.07, 6.45) is 2.84. The van der Waals surface area contributed by atoms with E-state index in [1.54, 1.807) is 18.2 Å². The summed E-state index contributed by atoms with van der Waals surface area (Å²) in [5.41, 5.74) is 1.18. The van der Waals surface area contributed by atoms with E-state index in [0.29, 0.717) is 16.4 Å². The number of esters is 1. The maximum atomic E-state index is 12.1. The minimum absolute atomic E-state index is 0.0286. The standard InChI is InChI=1S/C17H13ClN4O4/c18-12-3-6-15(22-10-19-9-20-22)14(7-12)21-16(24)8-26-17(25)11-1-4-13(23)5-2-11/h1-7,9-10,23H,8H2,(H,21,24). The average molecular weight is 373 g/mol. The lowest BCUT2D eigenvalue weighted by atomic mass is 10.2. The van der Waals surface area contributed by atoms with Crippen LogP contribution in [0.2, 0.25) is 5.02 Å². The van der Waals surface area contributed by atoms with Crippen LogP contribution in [0, 0.1) is 0 Å². The fourth-order valence-corrected chi connectivity index (χ4v) is 2.31. The van der Waals surface area contributed by atoms with Gasteiger partial charge in [0.15, 0.2) is 6.61 Å². The van der Waals surface area contributed by atoms with Gasteiger partial charge in [-0.15, -0.1) is 0 Å². The van der Waals surface area contributed by atoms with Crippen LogP contribution in [0.5, 0.6) is 5.75 Å². The molecule has 0 atom stereocenters. The van der Waals surface area contributed by atoms with Gasteiger partial charge in [0.1, 0.15) is 18.4 Å². The Morgan fingerprint density at radius 3 is 2.65 bits per heavy atom. The maximum absolute atomic E-state index is 12.1. The quantitative estimate of drug-likeness (QED) is 0.666. The molecule has 0 unspecified atom stereocenters. The van der Waals surface area contributed by atoms with Crippen molar-refractivity contribution in [1.29, 1.82) is 0 Å². The summed E-state index contributed by atoms with van der Waals surface area (Å²) < 4.78 is 6.43. The smallest absolute Gasteiger partial charge is 0.338 e. The second kappa shape index (κ2) is 7.66. The number of hydrogen-bond acceptors (Lipinski definition) is 6. The first-order valence-corrected chi connectivity index (χ1v) is 7.81. The van der Waals surface area contributed by atoms with Gasteiger partial charge in [-0.05, 0) is 42.5 Å². The predicted molar refractivity (Wildman–Crippen MR) is 93.4 cm³/mol. The summed E-state index contributed by atoms with van der Waals surface area (Å²) in [5, 5.41) is 16.3. The van der Waals surface area contributed by atoms with Gasteiger partial charge in [0, 0.05) is 5.02 Å². The molecule has 2 aromatic carbocycles. The molecule has 9 heteroatoms. The predicted octanol–water partition coefficient (Wildman–Crippen LogP) is 2.42. The molecule has 1 aromatic heterocycles. The van der Waals surface area contributed by atoms with Crippen molar-refractivity contribution in [2.24, 2.45) is 0 Å². The van der Waals surface area contributed by atoms with Crippen molar-refractivity contribution in [2.75, 3.05) is 11.9 Å². The third kappa shape index (κ3) is 4.17. The van der Waals surface area contributed by atoms with Gasteiger partial charge >= 0.3 is 5.97 Å². The van der Waals surface area contributed by atoms with Crippen LogP contribution in [-0.4, -0.2) is 38.4 Å². The Morgan fingerprint density at radius 2 is 1.96 bits per heavy atom. The van der Waals surface area contributed by atoms with Crippen molar-refractivity contribution < 1.29 is 19.4 Å². The van der Waals surface area contributed by atoms with Crippen LogP contribution < -0.4 is 5.32 Å². The zero-order valence-electron chi connectivity index (χ0n) is 13.3. The highest BCUT2D eigenvalue weighted by molar-refractivity contribution is 6.31. The Bertz CT molecular complexity index is 926. The summed E-state index contributed by atoms with van der Waals surface area (Å²) in [5.74, 6) is -1.19. The van der Waals surface area contributed by atoms with Gasteiger partial charge in [0.25, 0.3) is 5.91 Å². The lowest BCUT2D eigenvalue weighted by Crippen LogP contribution is -2.21. The summed E-state index contributed by atoms with van der Waals surface area (Å²) >= 11 is 5.98. The number of nitrogens with one attached hydrogen (secondary N) is 1. The molecule has 26 heavy (non-hydrogen) atoms. The molecular weight excluding hydrogens is 360 g/mol. The summed E-state index contributed by atoms with van der Waals surface area (Å²) in [6.45, 7) is -0.483. The number of carbonyl (C=O) groups excluding carboxylic acids is 2. The highest BCUT2D eigenvalue weighted by Gasteiger charge is 2.13. The van der Waals surface area contributed by atoms with Gasteiger partial charge < -0.3 is 15.2 Å². The minimum atomic E-state index is -0.678. The zero-order chi connectivity index (χ0) is 18.5. The first-order valence-electron chi connectivity index (χ1n) is 7.43. The minimum Gasteiger partial charge on any atom is -0.508 e. The van der Waals surface area contributed by atoms with Gasteiger partial charge in [-0.2, -0.15) is 5.10 Å². The molecule has 0 aliphatic carbocycles. The molecule has 0 saturated carbocycles. The van der Waals surface area contributed by atoms with Crippen molar-refractivity contribution in [3.05, 3.63) is 65.7 Å². The molecule has 3 aromatic rings. The average Bonchev–Trinajstić information content (AvgIpc) is 3.15. The van der Waals surface area contributed by atoms with Crippen LogP contribution in [-0.2, 0) is 9.53 Å². The lowest BCUT2D eigenvalue weighted by Gasteiger charge is -2.11. The lowest BCUT2D eigenvalue weighted by molar-refractivity contribution is -0.119. The molecule has 8 nitrogen and oxygen atoms in total. The first-order chi connectivity index (χ1) is 12.5. The fraction of sp³-hybridized carbons (Fsp3) is 0.0588. The second-order valence-corrected chi connectivity index (χ2v) is 5.61. The molecule has 0 bridgehead atoms. The zero-order valence-corrected chi connectivity index (χ0v) is 14.1. The molecule has 0 aliphatic heterocycles. The van der Waals surface area contributed by atoms with Gasteiger partial charge in [-0.1, -0.05) is 11.6 Å². The second-order valence-electron chi connectivity index (χ2n) is 5.17. The number of aromatic hydroxyl groups is 1. The number of rotatable bonds is 5. The van der Waals surface area contributed by atoms with Crippen LogP contribution in [0.1, 0.15) is 10.4 Å². The normalized spacial score (nSPS) is 10.3. The Labute approximate surface area is 153 Å². The van der Waals surface area contributed by atoms with E-state index in [1.165, 1.54) is 41.6 Å². The molecule has 0 fully saturated rings. The summed E-state index contributed by atoms with van der Waals surface area (Å²) in [7, 11) is 0. The fourth-order valence-electron chi connectivity index (χ4n) is 2.14. The van der Waals surface area contributed by atoms with E-state index in [0.717, 1.165) is 0 Å². The largest absolute Gasteiger partial charge is 0.508 e. The first kappa shape index (κ1) is 17.4. The van der Waals surface area contributed by atoms with E-state index >= 15 is 0 Å². The molecule has 2 N–H and O–H groups in total. The van der Waals surface area contributed by atoms with Crippen LogP contribution in [0.4, 0.5) is 5.69 Å². The molecule has 0 radical (unpaired) electrons. The van der Waals surface area contributed by atoms with Crippen molar-refractivity contribution >= 4 is 29.2 Å². The number of ether oxygens (including phenoxy) is 1. The van der Waals surface area contributed by atoms with E-state index in [4.69, 9.17) is 16.3 Å².